The number of methoxy groups -OCH3 is 1. The van der Waals surface area contributed by atoms with E-state index in [0.29, 0.717) is 44.7 Å². The fourth-order valence-corrected chi connectivity index (χ4v) is 4.11. The first-order valence-electron chi connectivity index (χ1n) is 10.4. The standard InChI is InChI=1S/C25H20Br2FN3O3/c1-3-24-30-21-9-6-17(26)11-19(21)25(32)31(24)29-13-16-10-22(33-2)23(12-20(16)27)34-14-15-4-7-18(28)8-5-15/h4-13H,3,14H2,1-2H3. The van der Waals surface area contributed by atoms with Gasteiger partial charge >= 0.3 is 0 Å². The van der Waals surface area contributed by atoms with Crippen molar-refractivity contribution in [3.63, 3.8) is 0 Å². The molecular weight excluding hydrogens is 569 g/mol. The lowest BCUT2D eigenvalue weighted by atomic mass is 10.2. The summed E-state index contributed by atoms with van der Waals surface area (Å²) in [5.41, 5.74) is 1.89. The largest absolute Gasteiger partial charge is 0.493 e. The molecule has 3 aromatic carbocycles. The number of aromatic nitrogens is 2. The number of fused-ring (bicyclic) bond motifs is 1. The van der Waals surface area contributed by atoms with Gasteiger partial charge in [-0.2, -0.15) is 9.78 Å². The maximum atomic E-state index is 13.1. The third-order valence-corrected chi connectivity index (χ3v) is 6.27. The van der Waals surface area contributed by atoms with Crippen LogP contribution in [0.5, 0.6) is 11.5 Å². The smallest absolute Gasteiger partial charge is 0.282 e. The van der Waals surface area contributed by atoms with Crippen LogP contribution < -0.4 is 15.0 Å². The van der Waals surface area contributed by atoms with Gasteiger partial charge in [-0.1, -0.05) is 35.0 Å². The first kappa shape index (κ1) is 24.1. The molecule has 0 fully saturated rings. The minimum Gasteiger partial charge on any atom is -0.493 e. The Morgan fingerprint density at radius 3 is 2.56 bits per heavy atom. The molecule has 1 heterocycles. The summed E-state index contributed by atoms with van der Waals surface area (Å²) in [6.07, 6.45) is 2.11. The third-order valence-electron chi connectivity index (χ3n) is 5.09. The van der Waals surface area contributed by atoms with Crippen LogP contribution in [-0.2, 0) is 13.0 Å². The van der Waals surface area contributed by atoms with E-state index in [0.717, 1.165) is 10.0 Å². The lowest BCUT2D eigenvalue weighted by molar-refractivity contribution is 0.284. The van der Waals surface area contributed by atoms with Crippen LogP contribution in [-0.4, -0.2) is 23.0 Å². The highest BCUT2D eigenvalue weighted by molar-refractivity contribution is 9.10. The van der Waals surface area contributed by atoms with Gasteiger partial charge < -0.3 is 9.47 Å². The number of halogens is 3. The Morgan fingerprint density at radius 1 is 1.09 bits per heavy atom. The van der Waals surface area contributed by atoms with Crippen molar-refractivity contribution in [2.45, 2.75) is 20.0 Å². The van der Waals surface area contributed by atoms with E-state index >= 15 is 0 Å². The number of hydrogen-bond donors (Lipinski definition) is 0. The molecule has 0 N–H and O–H groups in total. The Labute approximate surface area is 212 Å². The molecule has 0 saturated heterocycles. The third kappa shape index (κ3) is 5.20. The molecule has 0 aliphatic heterocycles. The Morgan fingerprint density at radius 2 is 1.85 bits per heavy atom. The lowest BCUT2D eigenvalue weighted by Crippen LogP contribution is -2.22. The topological polar surface area (TPSA) is 65.7 Å². The number of rotatable bonds is 7. The number of nitrogens with zero attached hydrogens (tertiary/aromatic N) is 3. The molecule has 34 heavy (non-hydrogen) atoms. The maximum Gasteiger partial charge on any atom is 0.282 e. The number of ether oxygens (including phenoxy) is 2. The number of aryl methyl sites for hydroxylation is 1. The van der Waals surface area contributed by atoms with Crippen molar-refractivity contribution in [1.29, 1.82) is 0 Å². The zero-order valence-corrected chi connectivity index (χ0v) is 21.6. The summed E-state index contributed by atoms with van der Waals surface area (Å²) in [6, 6.07) is 15.0. The highest BCUT2D eigenvalue weighted by Gasteiger charge is 2.12. The van der Waals surface area contributed by atoms with E-state index < -0.39 is 0 Å². The Balaban J connectivity index is 1.65. The summed E-state index contributed by atoms with van der Waals surface area (Å²) in [4.78, 5) is 17.7. The van der Waals surface area contributed by atoms with Gasteiger partial charge in [0.15, 0.2) is 11.5 Å². The summed E-state index contributed by atoms with van der Waals surface area (Å²) >= 11 is 6.94. The second-order valence-corrected chi connectivity index (χ2v) is 9.11. The van der Waals surface area contributed by atoms with Gasteiger partial charge in [0.05, 0.1) is 24.2 Å². The highest BCUT2D eigenvalue weighted by Crippen LogP contribution is 2.33. The molecule has 9 heteroatoms. The molecule has 0 atom stereocenters. The van der Waals surface area contributed by atoms with Crippen molar-refractivity contribution in [1.82, 2.24) is 9.66 Å². The molecule has 6 nitrogen and oxygen atoms in total. The summed E-state index contributed by atoms with van der Waals surface area (Å²) < 4.78 is 27.3. The van der Waals surface area contributed by atoms with E-state index in [1.165, 1.54) is 16.8 Å². The van der Waals surface area contributed by atoms with E-state index in [4.69, 9.17) is 9.47 Å². The zero-order chi connectivity index (χ0) is 24.2. The van der Waals surface area contributed by atoms with Crippen molar-refractivity contribution in [3.8, 4) is 11.5 Å². The van der Waals surface area contributed by atoms with Crippen LogP contribution in [0.1, 0.15) is 23.9 Å². The second kappa shape index (κ2) is 10.5. The summed E-state index contributed by atoms with van der Waals surface area (Å²) in [7, 11) is 1.54. The Kier molecular flexibility index (Phi) is 7.43. The lowest BCUT2D eigenvalue weighted by Gasteiger charge is -2.13. The van der Waals surface area contributed by atoms with Crippen LogP contribution in [0.4, 0.5) is 4.39 Å². The molecule has 0 spiro atoms. The molecule has 0 saturated carbocycles. The number of hydrogen-bond acceptors (Lipinski definition) is 5. The first-order valence-corrected chi connectivity index (χ1v) is 12.0. The molecule has 0 amide bonds. The first-order chi connectivity index (χ1) is 16.4. The van der Waals surface area contributed by atoms with Crippen molar-refractivity contribution in [2.24, 2.45) is 5.10 Å². The molecule has 1 aromatic heterocycles. The van der Waals surface area contributed by atoms with Gasteiger partial charge in [0.2, 0.25) is 0 Å². The molecule has 0 bridgehead atoms. The van der Waals surface area contributed by atoms with E-state index in [1.807, 2.05) is 13.0 Å². The minimum atomic E-state index is -0.299. The predicted molar refractivity (Wildman–Crippen MR) is 137 cm³/mol. The molecule has 0 aliphatic carbocycles. The van der Waals surface area contributed by atoms with Crippen LogP contribution in [0.25, 0.3) is 10.9 Å². The van der Waals surface area contributed by atoms with E-state index in [1.54, 1.807) is 49.7 Å². The molecule has 0 radical (unpaired) electrons. The van der Waals surface area contributed by atoms with Crippen molar-refractivity contribution in [3.05, 3.63) is 96.7 Å². The van der Waals surface area contributed by atoms with Crippen LogP contribution in [0.15, 0.2) is 73.4 Å². The van der Waals surface area contributed by atoms with Crippen LogP contribution in [0.3, 0.4) is 0 Å². The number of benzene rings is 3. The highest BCUT2D eigenvalue weighted by atomic mass is 79.9. The molecule has 0 aliphatic rings. The van der Waals surface area contributed by atoms with Gasteiger partial charge in [-0.25, -0.2) is 9.37 Å². The Bertz CT molecular complexity index is 1440. The molecule has 4 rings (SSSR count). The summed E-state index contributed by atoms with van der Waals surface area (Å²) in [6.45, 7) is 2.18. The van der Waals surface area contributed by atoms with Crippen LogP contribution >= 0.6 is 31.9 Å². The van der Waals surface area contributed by atoms with Gasteiger partial charge in [0.1, 0.15) is 18.2 Å². The predicted octanol–water partition coefficient (Wildman–Crippen LogP) is 6.09. The van der Waals surface area contributed by atoms with Gasteiger partial charge in [-0.3, -0.25) is 4.79 Å². The fraction of sp³-hybridized carbons (Fsp3) is 0.160. The maximum absolute atomic E-state index is 13.1. The summed E-state index contributed by atoms with van der Waals surface area (Å²) in [5.74, 6) is 1.26. The molecule has 4 aromatic rings. The average Bonchev–Trinajstić information content (AvgIpc) is 2.84. The van der Waals surface area contributed by atoms with E-state index in [2.05, 4.69) is 41.9 Å². The van der Waals surface area contributed by atoms with E-state index in [9.17, 15) is 9.18 Å². The summed E-state index contributed by atoms with van der Waals surface area (Å²) in [5, 5.41) is 4.91. The zero-order valence-electron chi connectivity index (χ0n) is 18.4. The van der Waals surface area contributed by atoms with Crippen molar-refractivity contribution >= 4 is 49.0 Å². The second-order valence-electron chi connectivity index (χ2n) is 7.34. The van der Waals surface area contributed by atoms with E-state index in [-0.39, 0.29) is 18.0 Å². The van der Waals surface area contributed by atoms with Crippen LogP contribution in [0, 0.1) is 5.82 Å². The quantitative estimate of drug-likeness (QED) is 0.245. The Hall–Kier alpha value is -3.04. The van der Waals surface area contributed by atoms with Gasteiger partial charge in [0, 0.05) is 20.9 Å². The average molecular weight is 589 g/mol. The SMILES string of the molecule is CCc1nc2ccc(Br)cc2c(=O)n1N=Cc1cc(OC)c(OCc2ccc(F)cc2)cc1Br. The molecule has 174 valence electrons. The minimum absolute atomic E-state index is 0.248. The monoisotopic (exact) mass is 587 g/mol. The van der Waals surface area contributed by atoms with Crippen molar-refractivity contribution in [2.75, 3.05) is 7.11 Å². The van der Waals surface area contributed by atoms with Gasteiger partial charge in [0.25, 0.3) is 5.56 Å². The fourth-order valence-electron chi connectivity index (χ4n) is 3.33. The normalized spacial score (nSPS) is 11.3. The van der Waals surface area contributed by atoms with Gasteiger partial charge in [-0.15, -0.1) is 0 Å². The van der Waals surface area contributed by atoms with Crippen molar-refractivity contribution < 1.29 is 13.9 Å². The van der Waals surface area contributed by atoms with Gasteiger partial charge in [-0.05, 0) is 64.0 Å². The van der Waals surface area contributed by atoms with Crippen LogP contribution in [0.2, 0.25) is 0 Å². The molecule has 0 unspecified atom stereocenters. The molecular formula is C25H20Br2FN3O3.